The van der Waals surface area contributed by atoms with Gasteiger partial charge >= 0.3 is 0 Å². The predicted molar refractivity (Wildman–Crippen MR) is 98.0 cm³/mol. The number of anilines is 1. The molecule has 0 radical (unpaired) electrons. The highest BCUT2D eigenvalue weighted by Crippen LogP contribution is 2.45. The summed E-state index contributed by atoms with van der Waals surface area (Å²) in [6.45, 7) is 1.24. The van der Waals surface area contributed by atoms with Crippen LogP contribution in [0.5, 0.6) is 5.88 Å². The van der Waals surface area contributed by atoms with Crippen molar-refractivity contribution in [1.82, 2.24) is 24.8 Å². The van der Waals surface area contributed by atoms with E-state index in [9.17, 15) is 5.26 Å². The first-order valence-electron chi connectivity index (χ1n) is 9.47. The van der Waals surface area contributed by atoms with E-state index in [0.29, 0.717) is 36.8 Å². The summed E-state index contributed by atoms with van der Waals surface area (Å²) in [6.07, 6.45) is 9.10. The predicted octanol–water partition coefficient (Wildman–Crippen LogP) is 2.23. The molecule has 27 heavy (non-hydrogen) atoms. The molecule has 2 fully saturated rings. The molecule has 8 heteroatoms. The van der Waals surface area contributed by atoms with E-state index < -0.39 is 0 Å². The van der Waals surface area contributed by atoms with Gasteiger partial charge in [0, 0.05) is 30.5 Å². The van der Waals surface area contributed by atoms with Gasteiger partial charge in [-0.2, -0.15) is 5.26 Å². The summed E-state index contributed by atoms with van der Waals surface area (Å²) < 4.78 is 5.53. The molecule has 0 bridgehead atoms. The molecule has 2 aliphatic carbocycles. The van der Waals surface area contributed by atoms with Gasteiger partial charge < -0.3 is 15.0 Å². The van der Waals surface area contributed by atoms with Crippen LogP contribution >= 0.6 is 0 Å². The Morgan fingerprint density at radius 1 is 1.22 bits per heavy atom. The SMILES string of the molecule is COc1ncnc(C2CC2)c1-c1nc2c(c(NC3CC3)n1)CN(C#N)CC2. The van der Waals surface area contributed by atoms with Crippen LogP contribution in [0, 0.1) is 11.5 Å². The van der Waals surface area contributed by atoms with Crippen molar-refractivity contribution in [1.29, 1.82) is 5.26 Å². The van der Waals surface area contributed by atoms with Gasteiger partial charge in [0.25, 0.3) is 0 Å². The lowest BCUT2D eigenvalue weighted by Crippen LogP contribution is -2.29. The number of nitrogens with one attached hydrogen (secondary N) is 1. The summed E-state index contributed by atoms with van der Waals surface area (Å²) in [4.78, 5) is 20.3. The van der Waals surface area contributed by atoms with Crippen molar-refractivity contribution >= 4 is 5.82 Å². The lowest BCUT2D eigenvalue weighted by molar-refractivity contribution is 0.364. The van der Waals surface area contributed by atoms with Gasteiger partial charge in [-0.3, -0.25) is 0 Å². The monoisotopic (exact) mass is 363 g/mol. The third-order valence-electron chi connectivity index (χ3n) is 5.34. The Hall–Kier alpha value is -2.95. The molecule has 2 aromatic rings. The van der Waals surface area contributed by atoms with E-state index >= 15 is 0 Å². The Kier molecular flexibility index (Phi) is 3.81. The Labute approximate surface area is 157 Å². The molecule has 2 aromatic heterocycles. The second-order valence-corrected chi connectivity index (χ2v) is 7.43. The van der Waals surface area contributed by atoms with Crippen LogP contribution in [0.1, 0.15) is 48.6 Å². The quantitative estimate of drug-likeness (QED) is 0.807. The number of hydrogen-bond donors (Lipinski definition) is 1. The summed E-state index contributed by atoms with van der Waals surface area (Å²) in [5.74, 6) is 2.43. The van der Waals surface area contributed by atoms with Crippen molar-refractivity contribution in [3.8, 4) is 23.5 Å². The van der Waals surface area contributed by atoms with E-state index in [1.807, 2.05) is 0 Å². The van der Waals surface area contributed by atoms with E-state index in [1.165, 1.54) is 0 Å². The van der Waals surface area contributed by atoms with Crippen LogP contribution in [0.15, 0.2) is 6.33 Å². The van der Waals surface area contributed by atoms with Crippen molar-refractivity contribution in [3.63, 3.8) is 0 Å². The minimum atomic E-state index is 0.436. The molecule has 0 amide bonds. The van der Waals surface area contributed by atoms with Gasteiger partial charge in [-0.1, -0.05) is 0 Å². The summed E-state index contributed by atoms with van der Waals surface area (Å²) in [5, 5.41) is 12.8. The van der Waals surface area contributed by atoms with Crippen LogP contribution in [-0.4, -0.2) is 44.5 Å². The van der Waals surface area contributed by atoms with Gasteiger partial charge in [-0.25, -0.2) is 19.9 Å². The lowest BCUT2D eigenvalue weighted by atomic mass is 10.0. The number of aromatic nitrogens is 4. The maximum Gasteiger partial charge on any atom is 0.227 e. The zero-order valence-corrected chi connectivity index (χ0v) is 15.3. The number of methoxy groups -OCH3 is 1. The highest BCUT2D eigenvalue weighted by molar-refractivity contribution is 5.68. The summed E-state index contributed by atoms with van der Waals surface area (Å²) in [7, 11) is 1.62. The first kappa shape index (κ1) is 16.2. The molecule has 2 saturated carbocycles. The fourth-order valence-electron chi connectivity index (χ4n) is 3.57. The largest absolute Gasteiger partial charge is 0.480 e. The van der Waals surface area contributed by atoms with Gasteiger partial charge in [-0.15, -0.1) is 0 Å². The Bertz CT molecular complexity index is 930. The van der Waals surface area contributed by atoms with E-state index in [1.54, 1.807) is 18.3 Å². The summed E-state index contributed by atoms with van der Waals surface area (Å²) >= 11 is 0. The van der Waals surface area contributed by atoms with E-state index in [2.05, 4.69) is 21.5 Å². The number of nitriles is 1. The highest BCUT2D eigenvalue weighted by Gasteiger charge is 2.33. The second-order valence-electron chi connectivity index (χ2n) is 7.43. The zero-order valence-electron chi connectivity index (χ0n) is 15.3. The molecule has 3 heterocycles. The lowest BCUT2D eigenvalue weighted by Gasteiger charge is -2.26. The Morgan fingerprint density at radius 3 is 2.78 bits per heavy atom. The number of nitrogens with zero attached hydrogens (tertiary/aromatic N) is 6. The van der Waals surface area contributed by atoms with Crippen LogP contribution in [-0.2, 0) is 13.0 Å². The highest BCUT2D eigenvalue weighted by atomic mass is 16.5. The molecule has 0 spiro atoms. The van der Waals surface area contributed by atoms with E-state index in [4.69, 9.17) is 14.7 Å². The molecular formula is C19H21N7O. The maximum absolute atomic E-state index is 9.29. The third kappa shape index (κ3) is 3.03. The molecule has 0 atom stereocenters. The van der Waals surface area contributed by atoms with Crippen molar-refractivity contribution in [3.05, 3.63) is 23.3 Å². The number of ether oxygens (including phenoxy) is 1. The van der Waals surface area contributed by atoms with Gasteiger partial charge in [-0.05, 0) is 25.7 Å². The molecule has 5 rings (SSSR count). The van der Waals surface area contributed by atoms with Crippen LogP contribution in [0.25, 0.3) is 11.4 Å². The average molecular weight is 363 g/mol. The third-order valence-corrected chi connectivity index (χ3v) is 5.34. The molecule has 0 saturated heterocycles. The topological polar surface area (TPSA) is 99.8 Å². The second kappa shape index (κ2) is 6.34. The van der Waals surface area contributed by atoms with Gasteiger partial charge in [0.2, 0.25) is 5.88 Å². The van der Waals surface area contributed by atoms with Crippen molar-refractivity contribution in [2.45, 2.75) is 50.6 Å². The normalized spacial score (nSPS) is 18.6. The standard InChI is InChI=1S/C19H21N7O/c1-27-19-15(16(11-2-3-11)21-10-22-19)18-24-14-6-7-26(9-20)8-13(14)17(25-18)23-12-4-5-12/h10-12H,2-8H2,1H3,(H,23,24,25). The number of fused-ring (bicyclic) bond motifs is 1. The van der Waals surface area contributed by atoms with Crippen LogP contribution < -0.4 is 10.1 Å². The number of hydrogen-bond acceptors (Lipinski definition) is 8. The average Bonchev–Trinajstić information content (AvgIpc) is 3.61. The fourth-order valence-corrected chi connectivity index (χ4v) is 3.57. The molecular weight excluding hydrogens is 342 g/mol. The number of rotatable bonds is 5. The molecule has 1 N–H and O–H groups in total. The van der Waals surface area contributed by atoms with E-state index in [-0.39, 0.29) is 0 Å². The van der Waals surface area contributed by atoms with Gasteiger partial charge in [0.15, 0.2) is 12.0 Å². The Morgan fingerprint density at radius 2 is 2.07 bits per heavy atom. The minimum Gasteiger partial charge on any atom is -0.480 e. The van der Waals surface area contributed by atoms with Crippen molar-refractivity contribution < 1.29 is 4.74 Å². The summed E-state index contributed by atoms with van der Waals surface area (Å²) in [6, 6.07) is 0.464. The fraction of sp³-hybridized carbons (Fsp3) is 0.526. The minimum absolute atomic E-state index is 0.436. The molecule has 3 aliphatic rings. The molecule has 138 valence electrons. The van der Waals surface area contributed by atoms with Crippen LogP contribution in [0.2, 0.25) is 0 Å². The van der Waals surface area contributed by atoms with E-state index in [0.717, 1.165) is 60.4 Å². The van der Waals surface area contributed by atoms with Crippen molar-refractivity contribution in [2.24, 2.45) is 0 Å². The van der Waals surface area contributed by atoms with Gasteiger partial charge in [0.1, 0.15) is 17.7 Å². The molecule has 0 unspecified atom stereocenters. The molecule has 1 aliphatic heterocycles. The van der Waals surface area contributed by atoms with Gasteiger partial charge in [0.05, 0.1) is 25.0 Å². The zero-order chi connectivity index (χ0) is 18.4. The first-order valence-corrected chi connectivity index (χ1v) is 9.47. The first-order chi connectivity index (χ1) is 13.3. The smallest absolute Gasteiger partial charge is 0.227 e. The van der Waals surface area contributed by atoms with Crippen LogP contribution in [0.3, 0.4) is 0 Å². The molecule has 8 nitrogen and oxygen atoms in total. The maximum atomic E-state index is 9.29. The Balaban J connectivity index is 1.65. The van der Waals surface area contributed by atoms with Crippen LogP contribution in [0.4, 0.5) is 5.82 Å². The summed E-state index contributed by atoms with van der Waals surface area (Å²) in [5.41, 5.74) is 3.82. The molecule has 0 aromatic carbocycles. The van der Waals surface area contributed by atoms with Crippen molar-refractivity contribution in [2.75, 3.05) is 19.0 Å².